The van der Waals surface area contributed by atoms with Crippen molar-refractivity contribution in [3.05, 3.63) is 235 Å². The molecule has 0 N–H and O–H groups in total. The minimum atomic E-state index is -3.19. The van der Waals surface area contributed by atoms with E-state index < -0.39 is 7.14 Å². The van der Waals surface area contributed by atoms with Crippen molar-refractivity contribution in [3.63, 3.8) is 0 Å². The van der Waals surface area contributed by atoms with Crippen molar-refractivity contribution >= 4 is 40.1 Å². The van der Waals surface area contributed by atoms with E-state index in [2.05, 4.69) is 131 Å². The molecule has 0 unspecified atom stereocenters. The van der Waals surface area contributed by atoms with Crippen molar-refractivity contribution in [1.82, 2.24) is 0 Å². The van der Waals surface area contributed by atoms with Gasteiger partial charge in [0, 0.05) is 50.1 Å². The maximum absolute atomic E-state index is 15.3. The summed E-state index contributed by atoms with van der Waals surface area (Å²) in [5, 5.41) is 2.39. The number of hydrogen-bond acceptors (Lipinski definition) is 2. The molecule has 0 amide bonds. The molecule has 8 aromatic carbocycles. The van der Waals surface area contributed by atoms with E-state index in [1.165, 1.54) is 11.1 Å². The molecule has 8 rings (SSSR count). The van der Waals surface area contributed by atoms with Crippen LogP contribution in [0.3, 0.4) is 0 Å². The molecule has 0 atom stereocenters. The Kier molecular flexibility index (Phi) is 14.6. The number of hydrogen-bond donors (Lipinski definition) is 0. The predicted molar refractivity (Wildman–Crippen MR) is 258 cm³/mol. The Hall–Kier alpha value is -5.91. The van der Waals surface area contributed by atoms with Crippen LogP contribution in [0, 0.1) is 30.5 Å². The fourth-order valence-corrected chi connectivity index (χ4v) is 9.86. The summed E-state index contributed by atoms with van der Waals surface area (Å²) >= 11 is 0. The molecule has 0 saturated carbocycles. The SMILES string of the molecule is CC(C)(C)c1c[c-]c(-c2[c-]c(-c3[c-]cc(C(C)(C)C)cc3)cc(P(=O)(c3ccccc3)c3ccccc3)c2)cc1.[Au].[C-]#Cc1ccc(N(c2ccccc2)c2ccccc2)cc1. The zero-order valence-corrected chi connectivity index (χ0v) is 39.1. The van der Waals surface area contributed by atoms with E-state index in [9.17, 15) is 0 Å². The molecule has 2 nitrogen and oxygen atoms in total. The Morgan fingerprint density at radius 2 is 0.839 bits per heavy atom. The van der Waals surface area contributed by atoms with Crippen LogP contribution in [0.1, 0.15) is 58.2 Å². The average molecular weight is 1000 g/mol. The molecule has 0 aliphatic carbocycles. The third-order valence-corrected chi connectivity index (χ3v) is 13.7. The summed E-state index contributed by atoms with van der Waals surface area (Å²) in [6.07, 6.45) is 7.19. The van der Waals surface area contributed by atoms with Crippen LogP contribution in [-0.2, 0) is 37.8 Å². The molecule has 0 saturated heterocycles. The molecular formula is C58H50AuNOP-4. The van der Waals surface area contributed by atoms with Crippen molar-refractivity contribution in [2.75, 3.05) is 4.90 Å². The summed E-state index contributed by atoms with van der Waals surface area (Å²) < 4.78 is 15.3. The van der Waals surface area contributed by atoms with Crippen LogP contribution in [0.2, 0.25) is 0 Å². The quantitative estimate of drug-likeness (QED) is 0.0654. The summed E-state index contributed by atoms with van der Waals surface area (Å²) in [4.78, 5) is 2.19. The molecule has 62 heavy (non-hydrogen) atoms. The molecule has 0 fully saturated rings. The van der Waals surface area contributed by atoms with Gasteiger partial charge in [-0.3, -0.25) is 5.92 Å². The first-order valence-corrected chi connectivity index (χ1v) is 22.3. The van der Waals surface area contributed by atoms with E-state index in [4.69, 9.17) is 6.42 Å². The summed E-state index contributed by atoms with van der Waals surface area (Å²) in [6, 6.07) is 75.3. The molecule has 0 spiro atoms. The maximum Gasteiger partial charge on any atom is 0.155 e. The summed E-state index contributed by atoms with van der Waals surface area (Å²) in [6.45, 7) is 13.2. The molecule has 0 aromatic heterocycles. The first kappa shape index (κ1) is 45.6. The first-order valence-electron chi connectivity index (χ1n) is 20.6. The van der Waals surface area contributed by atoms with Crippen molar-refractivity contribution in [2.45, 2.75) is 52.4 Å². The van der Waals surface area contributed by atoms with Crippen molar-refractivity contribution in [3.8, 4) is 28.2 Å². The maximum atomic E-state index is 15.3. The third kappa shape index (κ3) is 10.6. The molecule has 1 radical (unpaired) electrons. The molecule has 0 aliphatic heterocycles. The Labute approximate surface area is 385 Å². The zero-order chi connectivity index (χ0) is 43.0. The van der Waals surface area contributed by atoms with Crippen LogP contribution >= 0.6 is 7.14 Å². The van der Waals surface area contributed by atoms with Crippen LogP contribution < -0.4 is 20.8 Å². The van der Waals surface area contributed by atoms with Gasteiger partial charge in [0.2, 0.25) is 0 Å². The van der Waals surface area contributed by atoms with Gasteiger partial charge in [-0.2, -0.15) is 48.5 Å². The van der Waals surface area contributed by atoms with Gasteiger partial charge in [-0.05, 0) is 35.1 Å². The van der Waals surface area contributed by atoms with E-state index in [1.807, 2.05) is 133 Å². The summed E-state index contributed by atoms with van der Waals surface area (Å²) in [7, 11) is -3.19. The smallest absolute Gasteiger partial charge is 0.155 e. The monoisotopic (exact) mass is 1000 g/mol. The second kappa shape index (κ2) is 19.9. The number of benzene rings is 8. The van der Waals surface area contributed by atoms with Gasteiger partial charge in [0.15, 0.2) is 7.14 Å². The van der Waals surface area contributed by atoms with Crippen molar-refractivity contribution in [2.24, 2.45) is 0 Å². The number of anilines is 3. The second-order valence-electron chi connectivity index (χ2n) is 17.1. The topological polar surface area (TPSA) is 20.3 Å². The molecule has 0 heterocycles. The van der Waals surface area contributed by atoms with Crippen molar-refractivity contribution in [1.29, 1.82) is 0 Å². The second-order valence-corrected chi connectivity index (χ2v) is 19.9. The largest absolute Gasteiger partial charge is 0.366 e. The summed E-state index contributed by atoms with van der Waals surface area (Å²) in [5.41, 5.74) is 10.2. The van der Waals surface area contributed by atoms with Crippen LogP contribution in [0.25, 0.3) is 22.3 Å². The predicted octanol–water partition coefficient (Wildman–Crippen LogP) is 13.7. The molecule has 0 aliphatic rings. The Balaban J connectivity index is 0.000000245. The van der Waals surface area contributed by atoms with Crippen LogP contribution in [0.5, 0.6) is 0 Å². The average Bonchev–Trinajstić information content (AvgIpc) is 3.30. The van der Waals surface area contributed by atoms with Gasteiger partial charge in [-0.25, -0.2) is 28.3 Å². The van der Waals surface area contributed by atoms with E-state index >= 15 is 4.57 Å². The molecular weight excluding hydrogens is 955 g/mol. The Morgan fingerprint density at radius 1 is 0.468 bits per heavy atom. The van der Waals surface area contributed by atoms with Crippen LogP contribution in [-0.4, -0.2) is 0 Å². The Morgan fingerprint density at radius 3 is 1.18 bits per heavy atom. The number of rotatable bonds is 8. The fourth-order valence-electron chi connectivity index (χ4n) is 7.16. The van der Waals surface area contributed by atoms with Crippen molar-refractivity contribution < 1.29 is 26.9 Å². The fraction of sp³-hybridized carbons (Fsp3) is 0.138. The minimum Gasteiger partial charge on any atom is -0.366 e. The van der Waals surface area contributed by atoms with Gasteiger partial charge >= 0.3 is 0 Å². The van der Waals surface area contributed by atoms with Gasteiger partial charge in [0.25, 0.3) is 0 Å². The Bertz CT molecular complexity index is 2590. The normalized spacial score (nSPS) is 11.3. The first-order chi connectivity index (χ1) is 29.3. The van der Waals surface area contributed by atoms with E-state index in [0.717, 1.165) is 60.8 Å². The van der Waals surface area contributed by atoms with E-state index in [1.54, 1.807) is 0 Å². The van der Waals surface area contributed by atoms with E-state index in [-0.39, 0.29) is 33.2 Å². The van der Waals surface area contributed by atoms with Gasteiger partial charge in [0.05, 0.1) is 0 Å². The molecule has 4 heteroatoms. The van der Waals surface area contributed by atoms with Gasteiger partial charge < -0.3 is 15.9 Å². The van der Waals surface area contributed by atoms with Crippen LogP contribution in [0.15, 0.2) is 194 Å². The standard InChI is InChI=1S/C38H36OP.C20H14N.Au/c1-37(2,3)32-21-17-28(18-22-32)30-25-31(29-19-23-33(24-20-29)38(4,5)6)27-36(26-30)40(39,34-13-9-7-10-14-34)35-15-11-8-12-16-35;1-2-17-13-15-20(16-14-17)21(18-9-5-3-6-10-18)19-11-7-4-8-12-19;/h7-17,19,21-24,26-27H,1-6H3;3-16H;/q-3;-1;. The third-order valence-electron chi connectivity index (χ3n) is 10.7. The van der Waals surface area contributed by atoms with Gasteiger partial charge in [-0.15, -0.1) is 41.0 Å². The van der Waals surface area contributed by atoms with Gasteiger partial charge in [-0.1, -0.05) is 156 Å². The molecule has 313 valence electrons. The zero-order valence-electron chi connectivity index (χ0n) is 36.1. The van der Waals surface area contributed by atoms with E-state index in [0.29, 0.717) is 0 Å². The van der Waals surface area contributed by atoms with Gasteiger partial charge in [0.1, 0.15) is 0 Å². The molecule has 0 bridgehead atoms. The number of nitrogens with zero attached hydrogens (tertiary/aromatic N) is 1. The summed E-state index contributed by atoms with van der Waals surface area (Å²) in [5.74, 6) is 2.40. The number of para-hydroxylation sites is 2. The molecule has 8 aromatic rings. The van der Waals surface area contributed by atoms with Crippen LogP contribution in [0.4, 0.5) is 17.1 Å². The minimum absolute atomic E-state index is 0.